The average molecular weight is 316 g/mol. The molecular weight excluding hydrogens is 296 g/mol. The van der Waals surface area contributed by atoms with Gasteiger partial charge in [0.2, 0.25) is 15.9 Å². The van der Waals surface area contributed by atoms with Gasteiger partial charge >= 0.3 is 0 Å². The van der Waals surface area contributed by atoms with Crippen LogP contribution >= 0.6 is 11.3 Å². The second-order valence-electron chi connectivity index (χ2n) is 4.49. The summed E-state index contributed by atoms with van der Waals surface area (Å²) in [5.41, 5.74) is 0. The molecule has 1 aromatic heterocycles. The average Bonchev–Trinajstić information content (AvgIpc) is 2.72. The van der Waals surface area contributed by atoms with Crippen molar-refractivity contribution in [1.29, 1.82) is 0 Å². The highest BCUT2D eigenvalue weighted by Gasteiger charge is 2.14. The molecule has 1 N–H and O–H groups in total. The molecule has 0 fully saturated rings. The predicted molar refractivity (Wildman–Crippen MR) is 82.1 cm³/mol. The van der Waals surface area contributed by atoms with Gasteiger partial charge in [-0.2, -0.15) is 0 Å². The molecule has 0 saturated carbocycles. The molecule has 7 heteroatoms. The molecule has 112 valence electrons. The van der Waals surface area contributed by atoms with Gasteiger partial charge < -0.3 is 4.90 Å². The molecule has 20 heavy (non-hydrogen) atoms. The number of thiophene rings is 1. The van der Waals surface area contributed by atoms with E-state index in [0.717, 1.165) is 11.1 Å². The standard InChI is InChI=1S/C13H20N2O3S2/c1-4-9-15(10-12-6-5-11(2)19-12)13(16)7-8-14-20(3,17)18/h4-6,14H,1,7-10H2,2-3H3. The topological polar surface area (TPSA) is 66.5 Å². The van der Waals surface area contributed by atoms with Crippen LogP contribution in [0.3, 0.4) is 0 Å². The Morgan fingerprint density at radius 3 is 2.70 bits per heavy atom. The Labute approximate surface area is 124 Å². The largest absolute Gasteiger partial charge is 0.334 e. The van der Waals surface area contributed by atoms with Crippen molar-refractivity contribution in [2.24, 2.45) is 0 Å². The molecular formula is C13H20N2O3S2. The van der Waals surface area contributed by atoms with Crippen LogP contribution < -0.4 is 4.72 Å². The normalized spacial score (nSPS) is 11.3. The Kier molecular flexibility index (Phi) is 6.38. The molecule has 0 radical (unpaired) electrons. The van der Waals surface area contributed by atoms with E-state index in [-0.39, 0.29) is 18.9 Å². The number of carbonyl (C=O) groups is 1. The molecule has 1 heterocycles. The van der Waals surface area contributed by atoms with E-state index >= 15 is 0 Å². The van der Waals surface area contributed by atoms with E-state index in [2.05, 4.69) is 11.3 Å². The van der Waals surface area contributed by atoms with E-state index in [1.165, 1.54) is 4.88 Å². The number of amides is 1. The highest BCUT2D eigenvalue weighted by atomic mass is 32.2. The minimum atomic E-state index is -3.25. The second-order valence-corrected chi connectivity index (χ2v) is 7.70. The van der Waals surface area contributed by atoms with Gasteiger partial charge in [0.05, 0.1) is 12.8 Å². The number of nitrogens with one attached hydrogen (secondary N) is 1. The van der Waals surface area contributed by atoms with Crippen LogP contribution in [0, 0.1) is 6.92 Å². The minimum absolute atomic E-state index is 0.0906. The first-order valence-electron chi connectivity index (χ1n) is 6.20. The lowest BCUT2D eigenvalue weighted by Crippen LogP contribution is -2.33. The fraction of sp³-hybridized carbons (Fsp3) is 0.462. The highest BCUT2D eigenvalue weighted by molar-refractivity contribution is 7.88. The SMILES string of the molecule is C=CCN(Cc1ccc(C)s1)C(=O)CCNS(C)(=O)=O. The number of hydrogen-bond acceptors (Lipinski definition) is 4. The second kappa shape index (κ2) is 7.56. The van der Waals surface area contributed by atoms with E-state index in [4.69, 9.17) is 0 Å². The summed E-state index contributed by atoms with van der Waals surface area (Å²) in [5.74, 6) is -0.0906. The Bertz CT molecular complexity index is 564. The van der Waals surface area contributed by atoms with Crippen molar-refractivity contribution in [2.75, 3.05) is 19.3 Å². The van der Waals surface area contributed by atoms with Crippen LogP contribution in [-0.4, -0.2) is 38.6 Å². The molecule has 0 aliphatic heterocycles. The number of sulfonamides is 1. The van der Waals surface area contributed by atoms with Gasteiger partial charge in [0.15, 0.2) is 0 Å². The molecule has 1 amide bonds. The summed E-state index contributed by atoms with van der Waals surface area (Å²) in [6.07, 6.45) is 2.89. The number of hydrogen-bond donors (Lipinski definition) is 1. The highest BCUT2D eigenvalue weighted by Crippen LogP contribution is 2.17. The van der Waals surface area contributed by atoms with Gasteiger partial charge in [0.1, 0.15) is 0 Å². The molecule has 0 atom stereocenters. The third-order valence-corrected chi connectivity index (χ3v) is 4.26. The summed E-state index contributed by atoms with van der Waals surface area (Å²) >= 11 is 1.65. The summed E-state index contributed by atoms with van der Waals surface area (Å²) in [5, 5.41) is 0. The zero-order valence-corrected chi connectivity index (χ0v) is 13.4. The van der Waals surface area contributed by atoms with Gasteiger partial charge in [-0.15, -0.1) is 17.9 Å². The quantitative estimate of drug-likeness (QED) is 0.739. The lowest BCUT2D eigenvalue weighted by Gasteiger charge is -2.20. The monoisotopic (exact) mass is 316 g/mol. The Morgan fingerprint density at radius 1 is 1.50 bits per heavy atom. The molecule has 0 bridgehead atoms. The maximum atomic E-state index is 12.1. The van der Waals surface area contributed by atoms with E-state index in [1.807, 2.05) is 19.1 Å². The zero-order valence-electron chi connectivity index (χ0n) is 11.8. The first-order chi connectivity index (χ1) is 9.31. The molecule has 0 spiro atoms. The van der Waals surface area contributed by atoms with Crippen molar-refractivity contribution in [3.05, 3.63) is 34.5 Å². The summed E-state index contributed by atoms with van der Waals surface area (Å²) in [7, 11) is -3.25. The molecule has 1 rings (SSSR count). The maximum absolute atomic E-state index is 12.1. The molecule has 0 unspecified atom stereocenters. The van der Waals surface area contributed by atoms with Crippen LogP contribution in [0.4, 0.5) is 0 Å². The Hall–Kier alpha value is -1.18. The molecule has 0 aromatic carbocycles. The van der Waals surface area contributed by atoms with Crippen molar-refractivity contribution in [3.63, 3.8) is 0 Å². The predicted octanol–water partition coefficient (Wildman–Crippen LogP) is 1.51. The minimum Gasteiger partial charge on any atom is -0.334 e. The summed E-state index contributed by atoms with van der Waals surface area (Å²) in [6, 6.07) is 4.01. The molecule has 5 nitrogen and oxygen atoms in total. The van der Waals surface area contributed by atoms with Crippen LogP contribution in [0.25, 0.3) is 0 Å². The third-order valence-electron chi connectivity index (χ3n) is 2.55. The van der Waals surface area contributed by atoms with Crippen LogP contribution in [0.1, 0.15) is 16.2 Å². The fourth-order valence-corrected chi connectivity index (χ4v) is 3.05. The van der Waals surface area contributed by atoms with E-state index in [1.54, 1.807) is 22.3 Å². The summed E-state index contributed by atoms with van der Waals surface area (Å²) < 4.78 is 24.2. The fourth-order valence-electron chi connectivity index (χ4n) is 1.67. The molecule has 1 aromatic rings. The smallest absolute Gasteiger partial charge is 0.224 e. The molecule has 0 aliphatic rings. The van der Waals surface area contributed by atoms with Gasteiger partial charge in [0, 0.05) is 29.3 Å². The maximum Gasteiger partial charge on any atom is 0.224 e. The van der Waals surface area contributed by atoms with E-state index < -0.39 is 10.0 Å². The molecule has 0 saturated heterocycles. The molecule has 0 aliphatic carbocycles. The van der Waals surface area contributed by atoms with E-state index in [9.17, 15) is 13.2 Å². The number of carbonyl (C=O) groups excluding carboxylic acids is 1. The third kappa shape index (κ3) is 6.31. The summed E-state index contributed by atoms with van der Waals surface area (Å²) in [6.45, 7) is 6.77. The van der Waals surface area contributed by atoms with Crippen LogP contribution in [0.15, 0.2) is 24.8 Å². The zero-order chi connectivity index (χ0) is 15.2. The first-order valence-corrected chi connectivity index (χ1v) is 8.91. The van der Waals surface area contributed by atoms with Crippen LogP contribution in [-0.2, 0) is 21.4 Å². The Balaban J connectivity index is 2.56. The van der Waals surface area contributed by atoms with Crippen molar-refractivity contribution in [3.8, 4) is 0 Å². The van der Waals surface area contributed by atoms with Gasteiger partial charge in [0.25, 0.3) is 0 Å². The summed E-state index contributed by atoms with van der Waals surface area (Å²) in [4.78, 5) is 16.1. The van der Waals surface area contributed by atoms with Crippen molar-refractivity contribution in [1.82, 2.24) is 9.62 Å². The number of rotatable bonds is 8. The van der Waals surface area contributed by atoms with Crippen molar-refractivity contribution >= 4 is 27.3 Å². The van der Waals surface area contributed by atoms with Crippen LogP contribution in [0.5, 0.6) is 0 Å². The number of aryl methyl sites for hydroxylation is 1. The van der Waals surface area contributed by atoms with Crippen molar-refractivity contribution in [2.45, 2.75) is 19.9 Å². The van der Waals surface area contributed by atoms with Gasteiger partial charge in [-0.25, -0.2) is 13.1 Å². The number of nitrogens with zero attached hydrogens (tertiary/aromatic N) is 1. The van der Waals surface area contributed by atoms with E-state index in [0.29, 0.717) is 13.1 Å². The lowest BCUT2D eigenvalue weighted by atomic mass is 10.3. The first kappa shape index (κ1) is 16.9. The lowest BCUT2D eigenvalue weighted by molar-refractivity contribution is -0.131. The van der Waals surface area contributed by atoms with Gasteiger partial charge in [-0.05, 0) is 19.1 Å². The van der Waals surface area contributed by atoms with Gasteiger partial charge in [-0.3, -0.25) is 4.79 Å². The Morgan fingerprint density at radius 2 is 2.20 bits per heavy atom. The van der Waals surface area contributed by atoms with Crippen molar-refractivity contribution < 1.29 is 13.2 Å². The van der Waals surface area contributed by atoms with Gasteiger partial charge in [-0.1, -0.05) is 6.08 Å². The van der Waals surface area contributed by atoms with Crippen LogP contribution in [0.2, 0.25) is 0 Å².